The van der Waals surface area contributed by atoms with E-state index in [0.717, 1.165) is 0 Å². The van der Waals surface area contributed by atoms with Crippen LogP contribution in [0.3, 0.4) is 0 Å². The van der Waals surface area contributed by atoms with Gasteiger partial charge < -0.3 is 20.4 Å². The summed E-state index contributed by atoms with van der Waals surface area (Å²) in [6.45, 7) is 0.131. The number of nitrogens with zero attached hydrogens (tertiary/aromatic N) is 1. The minimum Gasteiger partial charge on any atom is -0.394 e. The second-order valence-corrected chi connectivity index (χ2v) is 4.83. The summed E-state index contributed by atoms with van der Waals surface area (Å²) in [7, 11) is 0. The Balaban J connectivity index is 2.21. The van der Waals surface area contributed by atoms with Gasteiger partial charge in [-0.15, -0.1) is 0 Å². The molecule has 2 rings (SSSR count). The molecule has 4 N–H and O–H groups in total. The van der Waals surface area contributed by atoms with Gasteiger partial charge in [-0.2, -0.15) is 0 Å². The zero-order chi connectivity index (χ0) is 11.1. The molecule has 88 valence electrons. The standard InChI is InChI=1S/C10H19NO4/c12-5-10(6-13)3-8(14)1-7-2-9(15)4-11(7)10/h7-9,12-15H,1-6H2/t7-,8-,9+/m1/s1. The van der Waals surface area contributed by atoms with Crippen molar-refractivity contribution in [1.82, 2.24) is 4.90 Å². The maximum Gasteiger partial charge on any atom is 0.0701 e. The summed E-state index contributed by atoms with van der Waals surface area (Å²) in [5.74, 6) is 0. The molecule has 15 heavy (non-hydrogen) atoms. The molecule has 0 saturated carbocycles. The molecule has 5 heteroatoms. The molecule has 0 unspecified atom stereocenters. The molecule has 0 bridgehead atoms. The van der Waals surface area contributed by atoms with Crippen LogP contribution < -0.4 is 0 Å². The number of hydrogen-bond donors (Lipinski definition) is 4. The van der Waals surface area contributed by atoms with Crippen LogP contribution in [0.5, 0.6) is 0 Å². The summed E-state index contributed by atoms with van der Waals surface area (Å²) in [6, 6.07) is 0.0862. The van der Waals surface area contributed by atoms with E-state index < -0.39 is 17.7 Å². The van der Waals surface area contributed by atoms with E-state index in [1.54, 1.807) is 0 Å². The Morgan fingerprint density at radius 3 is 2.27 bits per heavy atom. The van der Waals surface area contributed by atoms with Gasteiger partial charge in [0.25, 0.3) is 0 Å². The summed E-state index contributed by atoms with van der Waals surface area (Å²) in [5.41, 5.74) is -0.750. The van der Waals surface area contributed by atoms with Crippen LogP contribution in [0.4, 0.5) is 0 Å². The second-order valence-electron chi connectivity index (χ2n) is 4.83. The Morgan fingerprint density at radius 2 is 1.67 bits per heavy atom. The fourth-order valence-electron chi connectivity index (χ4n) is 3.01. The van der Waals surface area contributed by atoms with Crippen molar-refractivity contribution in [3.05, 3.63) is 0 Å². The van der Waals surface area contributed by atoms with Gasteiger partial charge in [-0.25, -0.2) is 0 Å². The first kappa shape index (κ1) is 11.3. The molecule has 0 aromatic heterocycles. The lowest BCUT2D eigenvalue weighted by Crippen LogP contribution is -2.61. The first-order chi connectivity index (χ1) is 7.11. The van der Waals surface area contributed by atoms with E-state index in [0.29, 0.717) is 25.8 Å². The molecule has 2 aliphatic rings. The van der Waals surface area contributed by atoms with Crippen molar-refractivity contribution in [2.45, 2.75) is 43.1 Å². The van der Waals surface area contributed by atoms with Gasteiger partial charge in [-0.05, 0) is 19.3 Å². The number of aliphatic hydroxyl groups excluding tert-OH is 4. The monoisotopic (exact) mass is 217 g/mol. The molecule has 2 saturated heterocycles. The van der Waals surface area contributed by atoms with Crippen LogP contribution in [0.1, 0.15) is 19.3 Å². The molecular weight excluding hydrogens is 198 g/mol. The highest BCUT2D eigenvalue weighted by molar-refractivity contribution is 5.04. The highest BCUT2D eigenvalue weighted by Crippen LogP contribution is 2.37. The van der Waals surface area contributed by atoms with Crippen molar-refractivity contribution in [3.8, 4) is 0 Å². The molecule has 0 amide bonds. The highest BCUT2D eigenvalue weighted by atomic mass is 16.3. The van der Waals surface area contributed by atoms with E-state index in [1.165, 1.54) is 0 Å². The normalized spacial score (nSPS) is 40.4. The van der Waals surface area contributed by atoms with Crippen LogP contribution in [-0.4, -0.2) is 68.9 Å². The van der Waals surface area contributed by atoms with Gasteiger partial charge in [0, 0.05) is 12.6 Å². The van der Waals surface area contributed by atoms with E-state index in [1.807, 2.05) is 4.90 Å². The smallest absolute Gasteiger partial charge is 0.0701 e. The van der Waals surface area contributed by atoms with Gasteiger partial charge in [0.1, 0.15) is 0 Å². The van der Waals surface area contributed by atoms with Gasteiger partial charge in [-0.1, -0.05) is 0 Å². The number of hydrogen-bond acceptors (Lipinski definition) is 5. The van der Waals surface area contributed by atoms with Crippen LogP contribution in [0.25, 0.3) is 0 Å². The highest BCUT2D eigenvalue weighted by Gasteiger charge is 2.49. The summed E-state index contributed by atoms with van der Waals surface area (Å²) < 4.78 is 0. The zero-order valence-corrected chi connectivity index (χ0v) is 8.71. The average Bonchev–Trinajstić information content (AvgIpc) is 2.57. The lowest BCUT2D eigenvalue weighted by Gasteiger charge is -2.48. The van der Waals surface area contributed by atoms with Crippen LogP contribution in [0, 0.1) is 0 Å². The maximum absolute atomic E-state index is 9.71. The largest absolute Gasteiger partial charge is 0.394 e. The summed E-state index contributed by atoms with van der Waals surface area (Å²) in [5, 5.41) is 38.1. The molecule has 5 nitrogen and oxygen atoms in total. The predicted octanol–water partition coefficient (Wildman–Crippen LogP) is -1.70. The number of β-amino-alcohol motifs (C(OH)–C–C–N with tert-alkyl or cyclic N) is 1. The van der Waals surface area contributed by atoms with E-state index in [-0.39, 0.29) is 19.3 Å². The first-order valence-corrected chi connectivity index (χ1v) is 5.46. The van der Waals surface area contributed by atoms with E-state index in [9.17, 15) is 20.4 Å². The molecule has 0 aliphatic carbocycles. The van der Waals surface area contributed by atoms with Crippen LogP contribution in [0.15, 0.2) is 0 Å². The van der Waals surface area contributed by atoms with Gasteiger partial charge in [0.05, 0.1) is 31.0 Å². The van der Waals surface area contributed by atoms with Gasteiger partial charge in [-0.3, -0.25) is 4.90 Å². The topological polar surface area (TPSA) is 84.2 Å². The van der Waals surface area contributed by atoms with E-state index in [2.05, 4.69) is 0 Å². The van der Waals surface area contributed by atoms with Gasteiger partial charge >= 0.3 is 0 Å². The third-order valence-corrected chi connectivity index (χ3v) is 3.75. The summed E-state index contributed by atoms with van der Waals surface area (Å²) >= 11 is 0. The van der Waals surface area contributed by atoms with Crippen molar-refractivity contribution >= 4 is 0 Å². The molecule has 2 heterocycles. The third kappa shape index (κ3) is 1.79. The lowest BCUT2D eigenvalue weighted by molar-refractivity contribution is -0.0905. The fraction of sp³-hybridized carbons (Fsp3) is 1.00. The second kappa shape index (κ2) is 3.99. The third-order valence-electron chi connectivity index (χ3n) is 3.75. The Labute approximate surface area is 88.9 Å². The molecule has 0 aromatic rings. The number of aliphatic hydroxyl groups is 4. The molecule has 0 spiro atoms. The zero-order valence-electron chi connectivity index (χ0n) is 8.71. The molecular formula is C10H19NO4. The van der Waals surface area contributed by atoms with Gasteiger partial charge in [0.15, 0.2) is 0 Å². The Hall–Kier alpha value is -0.200. The van der Waals surface area contributed by atoms with Crippen molar-refractivity contribution in [2.24, 2.45) is 0 Å². The van der Waals surface area contributed by atoms with Crippen molar-refractivity contribution < 1.29 is 20.4 Å². The predicted molar refractivity (Wildman–Crippen MR) is 53.3 cm³/mol. The minimum absolute atomic E-state index is 0.0862. The molecule has 2 fully saturated rings. The fourth-order valence-corrected chi connectivity index (χ4v) is 3.01. The Kier molecular flexibility index (Phi) is 3.00. The van der Waals surface area contributed by atoms with Crippen LogP contribution in [0.2, 0.25) is 0 Å². The summed E-state index contributed by atoms with van der Waals surface area (Å²) in [4.78, 5) is 1.96. The van der Waals surface area contributed by atoms with Gasteiger partial charge in [0.2, 0.25) is 0 Å². The minimum atomic E-state index is -0.750. The molecule has 0 radical (unpaired) electrons. The van der Waals surface area contributed by atoms with Crippen molar-refractivity contribution in [1.29, 1.82) is 0 Å². The molecule has 3 atom stereocenters. The average molecular weight is 217 g/mol. The Bertz CT molecular complexity index is 231. The van der Waals surface area contributed by atoms with Crippen molar-refractivity contribution in [2.75, 3.05) is 19.8 Å². The van der Waals surface area contributed by atoms with E-state index in [4.69, 9.17) is 0 Å². The Morgan fingerprint density at radius 1 is 1.07 bits per heavy atom. The first-order valence-electron chi connectivity index (χ1n) is 5.46. The molecule has 0 aromatic carbocycles. The van der Waals surface area contributed by atoms with E-state index >= 15 is 0 Å². The number of rotatable bonds is 2. The lowest BCUT2D eigenvalue weighted by atomic mass is 9.83. The quantitative estimate of drug-likeness (QED) is 0.443. The van der Waals surface area contributed by atoms with Crippen LogP contribution in [-0.2, 0) is 0 Å². The number of piperidine rings is 1. The molecule has 2 aliphatic heterocycles. The SMILES string of the molecule is OCC1(CO)C[C@H](O)C[C@@H]2C[C@H](O)CN21. The number of fused-ring (bicyclic) bond motifs is 1. The summed E-state index contributed by atoms with van der Waals surface area (Å²) in [6.07, 6.45) is 0.731. The van der Waals surface area contributed by atoms with Crippen LogP contribution >= 0.6 is 0 Å². The van der Waals surface area contributed by atoms with Crippen molar-refractivity contribution in [3.63, 3.8) is 0 Å². The maximum atomic E-state index is 9.71.